The van der Waals surface area contributed by atoms with E-state index < -0.39 is 0 Å². The highest BCUT2D eigenvalue weighted by molar-refractivity contribution is 5.71. The first-order valence-corrected chi connectivity index (χ1v) is 3.48. The minimum absolute atomic E-state index is 0.194. The average Bonchev–Trinajstić information content (AvgIpc) is 2.03. The second-order valence-electron chi connectivity index (χ2n) is 2.25. The van der Waals surface area contributed by atoms with Crippen LogP contribution in [-0.4, -0.2) is 26.3 Å². The van der Waals surface area contributed by atoms with Crippen LogP contribution in [0.15, 0.2) is 12.7 Å². The number of hydrogen-bond donors (Lipinski definition) is 0. The normalized spacial score (nSPS) is 12.2. The van der Waals surface area contributed by atoms with Crippen LogP contribution in [0.5, 0.6) is 0 Å². The summed E-state index contributed by atoms with van der Waals surface area (Å²) in [6.07, 6.45) is 1.64. The largest absolute Gasteiger partial charge is 0.469 e. The zero-order valence-electron chi connectivity index (χ0n) is 7.00. The van der Waals surface area contributed by atoms with Gasteiger partial charge in [-0.15, -0.1) is 6.58 Å². The highest BCUT2D eigenvalue weighted by Gasteiger charge is 2.11. The Labute approximate surface area is 67.0 Å². The maximum Gasteiger partial charge on any atom is 0.310 e. The Morgan fingerprint density at radius 3 is 2.82 bits per heavy atom. The summed E-state index contributed by atoms with van der Waals surface area (Å²) in [5, 5.41) is 0. The first-order valence-electron chi connectivity index (χ1n) is 3.48. The van der Waals surface area contributed by atoms with Crippen LogP contribution in [0, 0.1) is 5.92 Å². The molecule has 3 nitrogen and oxygen atoms in total. The number of esters is 1. The van der Waals surface area contributed by atoms with Crippen LogP contribution in [0.1, 0.15) is 6.92 Å². The lowest BCUT2D eigenvalue weighted by Crippen LogP contribution is -2.18. The summed E-state index contributed by atoms with van der Waals surface area (Å²) < 4.78 is 9.55. The van der Waals surface area contributed by atoms with Gasteiger partial charge in [0.25, 0.3) is 0 Å². The zero-order chi connectivity index (χ0) is 8.69. The van der Waals surface area contributed by atoms with Crippen molar-refractivity contribution in [1.82, 2.24) is 0 Å². The van der Waals surface area contributed by atoms with E-state index in [-0.39, 0.29) is 11.9 Å². The molecule has 3 heteroatoms. The molecule has 0 fully saturated rings. The first kappa shape index (κ1) is 10.2. The summed E-state index contributed by atoms with van der Waals surface area (Å²) in [5.74, 6) is -0.436. The summed E-state index contributed by atoms with van der Waals surface area (Å²) in [5.41, 5.74) is 0. The quantitative estimate of drug-likeness (QED) is 0.340. The maximum absolute atomic E-state index is 10.8. The zero-order valence-corrected chi connectivity index (χ0v) is 7.00. The fraction of sp³-hybridized carbons (Fsp3) is 0.625. The molecule has 0 heterocycles. The second kappa shape index (κ2) is 5.92. The third-order valence-corrected chi connectivity index (χ3v) is 1.21. The van der Waals surface area contributed by atoms with Crippen LogP contribution in [0.3, 0.4) is 0 Å². The third kappa shape index (κ3) is 4.56. The molecule has 0 rings (SSSR count). The Kier molecular flexibility index (Phi) is 5.47. The van der Waals surface area contributed by atoms with Crippen LogP contribution in [-0.2, 0) is 14.3 Å². The summed E-state index contributed by atoms with van der Waals surface area (Å²) in [7, 11) is 1.37. The van der Waals surface area contributed by atoms with Crippen molar-refractivity contribution in [3.8, 4) is 0 Å². The molecule has 0 aliphatic rings. The Morgan fingerprint density at radius 2 is 2.36 bits per heavy atom. The van der Waals surface area contributed by atoms with E-state index in [0.29, 0.717) is 13.2 Å². The van der Waals surface area contributed by atoms with E-state index in [1.807, 2.05) is 0 Å². The molecule has 0 aromatic rings. The molecule has 0 N–H and O–H groups in total. The molecule has 0 spiro atoms. The number of methoxy groups -OCH3 is 1. The van der Waals surface area contributed by atoms with Gasteiger partial charge in [-0.05, 0) is 6.92 Å². The molecular formula is C8H14O3. The molecule has 0 saturated heterocycles. The Morgan fingerprint density at radius 1 is 1.73 bits per heavy atom. The van der Waals surface area contributed by atoms with Crippen LogP contribution >= 0.6 is 0 Å². The molecule has 0 radical (unpaired) electrons. The lowest BCUT2D eigenvalue weighted by atomic mass is 10.2. The molecule has 0 aromatic heterocycles. The number of carbonyl (C=O) groups excluding carboxylic acids is 1. The Balaban J connectivity index is 3.43. The minimum atomic E-state index is -0.242. The molecule has 0 aromatic carbocycles. The van der Waals surface area contributed by atoms with E-state index >= 15 is 0 Å². The van der Waals surface area contributed by atoms with Crippen molar-refractivity contribution in [2.24, 2.45) is 5.92 Å². The van der Waals surface area contributed by atoms with Crippen molar-refractivity contribution < 1.29 is 14.3 Å². The molecule has 0 aliphatic heterocycles. The van der Waals surface area contributed by atoms with Crippen molar-refractivity contribution in [2.75, 3.05) is 20.3 Å². The van der Waals surface area contributed by atoms with Gasteiger partial charge in [0, 0.05) is 0 Å². The van der Waals surface area contributed by atoms with Gasteiger partial charge < -0.3 is 9.47 Å². The van der Waals surface area contributed by atoms with Gasteiger partial charge in [0.1, 0.15) is 0 Å². The van der Waals surface area contributed by atoms with E-state index in [2.05, 4.69) is 11.3 Å². The monoisotopic (exact) mass is 158 g/mol. The van der Waals surface area contributed by atoms with Crippen molar-refractivity contribution in [1.29, 1.82) is 0 Å². The van der Waals surface area contributed by atoms with E-state index in [1.54, 1.807) is 13.0 Å². The van der Waals surface area contributed by atoms with E-state index in [4.69, 9.17) is 4.74 Å². The lowest BCUT2D eigenvalue weighted by Gasteiger charge is -2.07. The average molecular weight is 158 g/mol. The fourth-order valence-electron chi connectivity index (χ4n) is 0.597. The number of carbonyl (C=O) groups is 1. The van der Waals surface area contributed by atoms with E-state index in [0.717, 1.165) is 0 Å². The Bertz CT molecular complexity index is 131. The van der Waals surface area contributed by atoms with Gasteiger partial charge in [-0.3, -0.25) is 4.79 Å². The molecule has 64 valence electrons. The number of ether oxygens (including phenoxy) is 2. The van der Waals surface area contributed by atoms with Gasteiger partial charge in [-0.1, -0.05) is 6.08 Å². The highest BCUT2D eigenvalue weighted by atomic mass is 16.5. The van der Waals surface area contributed by atoms with Crippen LogP contribution in [0.25, 0.3) is 0 Å². The SMILES string of the molecule is C=CCOC[C@H](C)C(=O)OC. The van der Waals surface area contributed by atoms with Crippen molar-refractivity contribution >= 4 is 5.97 Å². The minimum Gasteiger partial charge on any atom is -0.469 e. The van der Waals surface area contributed by atoms with Gasteiger partial charge >= 0.3 is 5.97 Å². The molecule has 1 atom stereocenters. The summed E-state index contributed by atoms with van der Waals surface area (Å²) >= 11 is 0. The van der Waals surface area contributed by atoms with Crippen LogP contribution in [0.2, 0.25) is 0 Å². The predicted molar refractivity (Wildman–Crippen MR) is 42.2 cm³/mol. The lowest BCUT2D eigenvalue weighted by molar-refractivity contribution is -0.146. The molecule has 0 unspecified atom stereocenters. The second-order valence-corrected chi connectivity index (χ2v) is 2.25. The topological polar surface area (TPSA) is 35.5 Å². The highest BCUT2D eigenvalue weighted by Crippen LogP contribution is 1.97. The van der Waals surface area contributed by atoms with Gasteiger partial charge in [-0.2, -0.15) is 0 Å². The smallest absolute Gasteiger partial charge is 0.310 e. The maximum atomic E-state index is 10.8. The first-order chi connectivity index (χ1) is 5.22. The molecular weight excluding hydrogens is 144 g/mol. The number of hydrogen-bond acceptors (Lipinski definition) is 3. The van der Waals surface area contributed by atoms with E-state index in [1.165, 1.54) is 7.11 Å². The van der Waals surface area contributed by atoms with Gasteiger partial charge in [0.05, 0.1) is 26.2 Å². The number of rotatable bonds is 5. The van der Waals surface area contributed by atoms with Crippen LogP contribution in [0.4, 0.5) is 0 Å². The van der Waals surface area contributed by atoms with Crippen molar-refractivity contribution in [2.45, 2.75) is 6.92 Å². The summed E-state index contributed by atoms with van der Waals surface area (Å²) in [6, 6.07) is 0. The van der Waals surface area contributed by atoms with E-state index in [9.17, 15) is 4.79 Å². The Hall–Kier alpha value is -0.830. The van der Waals surface area contributed by atoms with Crippen molar-refractivity contribution in [3.05, 3.63) is 12.7 Å². The molecule has 0 aliphatic carbocycles. The standard InChI is InChI=1S/C8H14O3/c1-4-5-11-6-7(2)8(9)10-3/h4,7H,1,5-6H2,2-3H3/t7-/m0/s1. The third-order valence-electron chi connectivity index (χ3n) is 1.21. The summed E-state index contributed by atoms with van der Waals surface area (Å²) in [4.78, 5) is 10.8. The van der Waals surface area contributed by atoms with Gasteiger partial charge in [0.2, 0.25) is 0 Å². The van der Waals surface area contributed by atoms with Crippen molar-refractivity contribution in [3.63, 3.8) is 0 Å². The molecule has 0 saturated carbocycles. The predicted octanol–water partition coefficient (Wildman–Crippen LogP) is 0.998. The van der Waals surface area contributed by atoms with Crippen LogP contribution < -0.4 is 0 Å². The molecule has 0 bridgehead atoms. The van der Waals surface area contributed by atoms with Gasteiger partial charge in [-0.25, -0.2) is 0 Å². The molecule has 0 amide bonds. The molecule has 11 heavy (non-hydrogen) atoms. The summed E-state index contributed by atoms with van der Waals surface area (Å²) in [6.45, 7) is 6.10. The van der Waals surface area contributed by atoms with Gasteiger partial charge in [0.15, 0.2) is 0 Å². The fourth-order valence-corrected chi connectivity index (χ4v) is 0.597.